The molecule has 0 aliphatic carbocycles. The van der Waals surface area contributed by atoms with Crippen LogP contribution in [-0.4, -0.2) is 19.9 Å². The Morgan fingerprint density at radius 3 is 2.52 bits per heavy atom. The molecule has 0 saturated carbocycles. The van der Waals surface area contributed by atoms with Gasteiger partial charge in [-0.2, -0.15) is 0 Å². The molecular formula is C15H12N4O2. The maximum absolute atomic E-state index is 11.0. The van der Waals surface area contributed by atoms with E-state index < -0.39 is 0 Å². The molecule has 2 aromatic carbocycles. The number of para-hydroxylation sites is 1. The standard InChI is InChI=1S/C15H12N4O2/c20-19(21)15-9-5-4-8-13(15)10-18-11-14(16-17-18)12-6-2-1-3-7-12/h1-9,11H,10H2. The van der Waals surface area contributed by atoms with Crippen LogP contribution in [0.4, 0.5) is 5.69 Å². The fraction of sp³-hybridized carbons (Fsp3) is 0.0667. The van der Waals surface area contributed by atoms with Crippen LogP contribution in [0.15, 0.2) is 60.8 Å². The van der Waals surface area contributed by atoms with Crippen molar-refractivity contribution in [1.29, 1.82) is 0 Å². The van der Waals surface area contributed by atoms with Gasteiger partial charge in [-0.25, -0.2) is 4.68 Å². The second-order valence-electron chi connectivity index (χ2n) is 4.55. The van der Waals surface area contributed by atoms with E-state index in [1.54, 1.807) is 29.1 Å². The van der Waals surface area contributed by atoms with Crippen molar-refractivity contribution in [1.82, 2.24) is 15.0 Å². The van der Waals surface area contributed by atoms with Crippen LogP contribution in [0, 0.1) is 10.1 Å². The van der Waals surface area contributed by atoms with Crippen molar-refractivity contribution < 1.29 is 4.92 Å². The van der Waals surface area contributed by atoms with Crippen LogP contribution in [0.1, 0.15) is 5.56 Å². The molecule has 0 bridgehead atoms. The number of hydrogen-bond acceptors (Lipinski definition) is 4. The molecule has 0 aliphatic rings. The first kappa shape index (κ1) is 13.0. The quantitative estimate of drug-likeness (QED) is 0.544. The average molecular weight is 280 g/mol. The fourth-order valence-electron chi connectivity index (χ4n) is 2.11. The van der Waals surface area contributed by atoms with Crippen LogP contribution in [0.3, 0.4) is 0 Å². The zero-order valence-electron chi connectivity index (χ0n) is 11.1. The number of benzene rings is 2. The van der Waals surface area contributed by atoms with Crippen molar-refractivity contribution in [3.63, 3.8) is 0 Å². The third-order valence-corrected chi connectivity index (χ3v) is 3.13. The van der Waals surface area contributed by atoms with Gasteiger partial charge >= 0.3 is 0 Å². The van der Waals surface area contributed by atoms with Crippen LogP contribution in [0.5, 0.6) is 0 Å². The van der Waals surface area contributed by atoms with E-state index in [1.807, 2.05) is 30.3 Å². The SMILES string of the molecule is O=[N+]([O-])c1ccccc1Cn1cc(-c2ccccc2)nn1. The van der Waals surface area contributed by atoms with Gasteiger partial charge in [0.15, 0.2) is 0 Å². The van der Waals surface area contributed by atoms with E-state index in [0.29, 0.717) is 12.1 Å². The highest BCUT2D eigenvalue weighted by Crippen LogP contribution is 2.20. The molecule has 0 atom stereocenters. The van der Waals surface area contributed by atoms with Gasteiger partial charge in [0.1, 0.15) is 5.69 Å². The van der Waals surface area contributed by atoms with Crippen molar-refractivity contribution in [2.24, 2.45) is 0 Å². The molecule has 6 heteroatoms. The molecule has 0 unspecified atom stereocenters. The molecule has 1 heterocycles. The molecule has 6 nitrogen and oxygen atoms in total. The Bertz CT molecular complexity index is 768. The van der Waals surface area contributed by atoms with Gasteiger partial charge in [0.25, 0.3) is 5.69 Å². The van der Waals surface area contributed by atoms with E-state index in [9.17, 15) is 10.1 Å². The largest absolute Gasteiger partial charge is 0.274 e. The second kappa shape index (κ2) is 5.54. The van der Waals surface area contributed by atoms with Crippen molar-refractivity contribution >= 4 is 5.69 Å². The van der Waals surface area contributed by atoms with Crippen LogP contribution < -0.4 is 0 Å². The van der Waals surface area contributed by atoms with E-state index in [1.165, 1.54) is 6.07 Å². The smallest absolute Gasteiger partial charge is 0.258 e. The van der Waals surface area contributed by atoms with Gasteiger partial charge in [-0.15, -0.1) is 5.10 Å². The predicted molar refractivity (Wildman–Crippen MR) is 77.7 cm³/mol. The summed E-state index contributed by atoms with van der Waals surface area (Å²) in [6.07, 6.45) is 1.78. The fourth-order valence-corrected chi connectivity index (χ4v) is 2.11. The van der Waals surface area contributed by atoms with Gasteiger partial charge in [0, 0.05) is 11.6 Å². The first-order valence-electron chi connectivity index (χ1n) is 6.42. The highest BCUT2D eigenvalue weighted by Gasteiger charge is 2.13. The van der Waals surface area contributed by atoms with Crippen LogP contribution in [-0.2, 0) is 6.54 Å². The molecule has 3 aromatic rings. The molecule has 3 rings (SSSR count). The number of hydrogen-bond donors (Lipinski definition) is 0. The van der Waals surface area contributed by atoms with Gasteiger partial charge in [-0.3, -0.25) is 10.1 Å². The van der Waals surface area contributed by atoms with Gasteiger partial charge < -0.3 is 0 Å². The summed E-state index contributed by atoms with van der Waals surface area (Å²) in [6, 6.07) is 16.3. The second-order valence-corrected chi connectivity index (χ2v) is 4.55. The Balaban J connectivity index is 1.87. The summed E-state index contributed by atoms with van der Waals surface area (Å²) in [5, 5.41) is 19.1. The van der Waals surface area contributed by atoms with Gasteiger partial charge in [0.2, 0.25) is 0 Å². The summed E-state index contributed by atoms with van der Waals surface area (Å²) >= 11 is 0. The minimum absolute atomic E-state index is 0.0919. The molecule has 0 saturated heterocycles. The van der Waals surface area contributed by atoms with E-state index >= 15 is 0 Å². The van der Waals surface area contributed by atoms with Gasteiger partial charge in [-0.05, 0) is 0 Å². The molecule has 104 valence electrons. The van der Waals surface area contributed by atoms with Crippen molar-refractivity contribution in [3.8, 4) is 11.3 Å². The summed E-state index contributed by atoms with van der Waals surface area (Å²) < 4.78 is 1.60. The highest BCUT2D eigenvalue weighted by atomic mass is 16.6. The molecule has 21 heavy (non-hydrogen) atoms. The lowest BCUT2D eigenvalue weighted by atomic mass is 10.1. The van der Waals surface area contributed by atoms with Crippen molar-refractivity contribution in [2.45, 2.75) is 6.54 Å². The summed E-state index contributed by atoms with van der Waals surface area (Å²) in [5.74, 6) is 0. The monoisotopic (exact) mass is 280 g/mol. The minimum Gasteiger partial charge on any atom is -0.258 e. The molecule has 0 fully saturated rings. The number of nitro groups is 1. The Kier molecular flexibility index (Phi) is 3.42. The van der Waals surface area contributed by atoms with E-state index in [2.05, 4.69) is 10.3 Å². The van der Waals surface area contributed by atoms with Crippen LogP contribution in [0.2, 0.25) is 0 Å². The zero-order valence-corrected chi connectivity index (χ0v) is 11.1. The number of rotatable bonds is 4. The Morgan fingerprint density at radius 1 is 1.05 bits per heavy atom. The van der Waals surface area contributed by atoms with Gasteiger partial charge in [0.05, 0.1) is 23.2 Å². The molecule has 0 spiro atoms. The van der Waals surface area contributed by atoms with Crippen molar-refractivity contribution in [3.05, 3.63) is 76.5 Å². The third-order valence-electron chi connectivity index (χ3n) is 3.13. The summed E-state index contributed by atoms with van der Waals surface area (Å²) in [5.41, 5.74) is 2.40. The number of nitro benzene ring substituents is 1. The summed E-state index contributed by atoms with van der Waals surface area (Å²) in [7, 11) is 0. The lowest BCUT2D eigenvalue weighted by Gasteiger charge is -2.01. The minimum atomic E-state index is -0.385. The Labute approximate surface area is 120 Å². The van der Waals surface area contributed by atoms with Gasteiger partial charge in [-0.1, -0.05) is 53.7 Å². The maximum atomic E-state index is 11.0. The first-order chi connectivity index (χ1) is 10.2. The maximum Gasteiger partial charge on any atom is 0.274 e. The molecule has 0 radical (unpaired) electrons. The molecule has 1 aromatic heterocycles. The number of nitrogens with zero attached hydrogens (tertiary/aromatic N) is 4. The predicted octanol–water partition coefficient (Wildman–Crippen LogP) is 2.90. The normalized spacial score (nSPS) is 10.5. The molecule has 0 N–H and O–H groups in total. The van der Waals surface area contributed by atoms with Crippen LogP contribution >= 0.6 is 0 Å². The van der Waals surface area contributed by atoms with Crippen LogP contribution in [0.25, 0.3) is 11.3 Å². The molecule has 0 amide bonds. The summed E-state index contributed by atoms with van der Waals surface area (Å²) in [4.78, 5) is 10.6. The lowest BCUT2D eigenvalue weighted by molar-refractivity contribution is -0.385. The van der Waals surface area contributed by atoms with E-state index in [4.69, 9.17) is 0 Å². The molecule has 0 aliphatic heterocycles. The summed E-state index contributed by atoms with van der Waals surface area (Å²) in [6.45, 7) is 0.316. The zero-order chi connectivity index (χ0) is 14.7. The Morgan fingerprint density at radius 2 is 1.76 bits per heavy atom. The highest BCUT2D eigenvalue weighted by molar-refractivity contribution is 5.57. The van der Waals surface area contributed by atoms with Crippen molar-refractivity contribution in [2.75, 3.05) is 0 Å². The van der Waals surface area contributed by atoms with E-state index in [-0.39, 0.29) is 10.6 Å². The average Bonchev–Trinajstić information content (AvgIpc) is 2.97. The number of aromatic nitrogens is 3. The Hall–Kier alpha value is -3.02. The van der Waals surface area contributed by atoms with E-state index in [0.717, 1.165) is 11.3 Å². The topological polar surface area (TPSA) is 73.8 Å². The first-order valence-corrected chi connectivity index (χ1v) is 6.42. The molecular weight excluding hydrogens is 268 g/mol. The third kappa shape index (κ3) is 2.79. The lowest BCUT2D eigenvalue weighted by Crippen LogP contribution is -2.03.